The van der Waals surface area contributed by atoms with Gasteiger partial charge < -0.3 is 5.11 Å². The summed E-state index contributed by atoms with van der Waals surface area (Å²) in [5.41, 5.74) is 0. The molecule has 5 heteroatoms. The second-order valence-electron chi connectivity index (χ2n) is 4.37. The summed E-state index contributed by atoms with van der Waals surface area (Å²) >= 11 is 5.11. The zero-order valence-electron chi connectivity index (χ0n) is 9.56. The molecule has 0 saturated carbocycles. The van der Waals surface area contributed by atoms with Gasteiger partial charge in [0.15, 0.2) is 0 Å². The van der Waals surface area contributed by atoms with Crippen LogP contribution in [0.25, 0.3) is 0 Å². The zero-order chi connectivity index (χ0) is 12.3. The highest BCUT2D eigenvalue weighted by molar-refractivity contribution is 9.10. The van der Waals surface area contributed by atoms with E-state index in [0.717, 1.165) is 36.8 Å². The number of nitrogens with zero attached hydrogens (tertiary/aromatic N) is 1. The van der Waals surface area contributed by atoms with Gasteiger partial charge in [0.1, 0.15) is 6.04 Å². The fraction of sp³-hybridized carbons (Fsp3) is 0.583. The van der Waals surface area contributed by atoms with E-state index in [2.05, 4.69) is 26.9 Å². The van der Waals surface area contributed by atoms with E-state index < -0.39 is 5.97 Å². The maximum atomic E-state index is 11.3. The maximum absolute atomic E-state index is 11.3. The fourth-order valence-electron chi connectivity index (χ4n) is 2.28. The molecule has 17 heavy (non-hydrogen) atoms. The first-order chi connectivity index (χ1) is 8.16. The lowest BCUT2D eigenvalue weighted by Crippen LogP contribution is -2.39. The zero-order valence-corrected chi connectivity index (χ0v) is 12.0. The summed E-state index contributed by atoms with van der Waals surface area (Å²) in [6.45, 7) is 1.87. The van der Waals surface area contributed by atoms with Crippen molar-refractivity contribution in [1.82, 2.24) is 4.90 Å². The lowest BCUT2D eigenvalue weighted by atomic mass is 10.1. The summed E-state index contributed by atoms with van der Waals surface area (Å²) < 4.78 is 1.09. The molecule has 1 fully saturated rings. The standard InChI is InChI=1S/C12H16BrNO2S/c13-9-7-10(17-8-9)3-4-11(12(15)16)14-5-1-2-6-14/h7-8,11H,1-6H2,(H,15,16). The lowest BCUT2D eigenvalue weighted by Gasteiger charge is -2.23. The summed E-state index contributed by atoms with van der Waals surface area (Å²) in [6.07, 6.45) is 3.83. The number of aryl methyl sites for hydroxylation is 1. The van der Waals surface area contributed by atoms with Crippen LogP contribution < -0.4 is 0 Å². The van der Waals surface area contributed by atoms with Gasteiger partial charge in [0.2, 0.25) is 0 Å². The van der Waals surface area contributed by atoms with Crippen LogP contribution in [0.3, 0.4) is 0 Å². The second kappa shape index (κ2) is 5.98. The number of hydrogen-bond acceptors (Lipinski definition) is 3. The molecule has 0 aliphatic carbocycles. The number of carbonyl (C=O) groups is 1. The first kappa shape index (κ1) is 13.1. The summed E-state index contributed by atoms with van der Waals surface area (Å²) in [7, 11) is 0. The molecular weight excluding hydrogens is 302 g/mol. The quantitative estimate of drug-likeness (QED) is 0.907. The Kier molecular flexibility index (Phi) is 4.59. The minimum Gasteiger partial charge on any atom is -0.480 e. The lowest BCUT2D eigenvalue weighted by molar-refractivity contribution is -0.143. The number of rotatable bonds is 5. The number of halogens is 1. The summed E-state index contributed by atoms with van der Waals surface area (Å²) in [4.78, 5) is 14.6. The van der Waals surface area contributed by atoms with Gasteiger partial charge in [0.25, 0.3) is 0 Å². The van der Waals surface area contributed by atoms with E-state index in [1.807, 2.05) is 5.38 Å². The highest BCUT2D eigenvalue weighted by atomic mass is 79.9. The van der Waals surface area contributed by atoms with E-state index in [4.69, 9.17) is 0 Å². The van der Waals surface area contributed by atoms with Crippen LogP contribution in [0.5, 0.6) is 0 Å². The predicted octanol–water partition coefficient (Wildman–Crippen LogP) is 2.99. The molecule has 0 amide bonds. The number of thiophene rings is 1. The molecule has 0 radical (unpaired) electrons. The highest BCUT2D eigenvalue weighted by Crippen LogP contribution is 2.23. The molecule has 3 nitrogen and oxygen atoms in total. The molecule has 1 aromatic heterocycles. The van der Waals surface area contributed by atoms with Crippen molar-refractivity contribution in [2.24, 2.45) is 0 Å². The molecule has 0 aromatic carbocycles. The highest BCUT2D eigenvalue weighted by Gasteiger charge is 2.27. The van der Waals surface area contributed by atoms with Crippen molar-refractivity contribution in [3.05, 3.63) is 20.8 Å². The molecule has 1 unspecified atom stereocenters. The van der Waals surface area contributed by atoms with E-state index in [-0.39, 0.29) is 6.04 Å². The summed E-state index contributed by atoms with van der Waals surface area (Å²) in [6, 6.07) is 1.77. The van der Waals surface area contributed by atoms with Gasteiger partial charge >= 0.3 is 5.97 Å². The number of likely N-dealkylation sites (tertiary alicyclic amines) is 1. The Morgan fingerprint density at radius 3 is 2.76 bits per heavy atom. The average Bonchev–Trinajstić information content (AvgIpc) is 2.90. The Morgan fingerprint density at radius 1 is 1.53 bits per heavy atom. The van der Waals surface area contributed by atoms with Crippen molar-refractivity contribution in [1.29, 1.82) is 0 Å². The summed E-state index contributed by atoms with van der Waals surface area (Å²) in [5, 5.41) is 11.3. The normalized spacial score (nSPS) is 18.4. The van der Waals surface area contributed by atoms with Crippen molar-refractivity contribution in [2.75, 3.05) is 13.1 Å². The molecule has 0 spiro atoms. The number of carboxylic acid groups (broad SMARTS) is 1. The van der Waals surface area contributed by atoms with Gasteiger partial charge in [-0.15, -0.1) is 11.3 Å². The van der Waals surface area contributed by atoms with Gasteiger partial charge in [-0.1, -0.05) is 0 Å². The van der Waals surface area contributed by atoms with Crippen LogP contribution in [0.2, 0.25) is 0 Å². The average molecular weight is 318 g/mol. The Balaban J connectivity index is 1.91. The van der Waals surface area contributed by atoms with E-state index in [0.29, 0.717) is 6.42 Å². The molecule has 1 aliphatic rings. The first-order valence-corrected chi connectivity index (χ1v) is 7.54. The minimum absolute atomic E-state index is 0.307. The van der Waals surface area contributed by atoms with Crippen molar-refractivity contribution in [3.63, 3.8) is 0 Å². The molecule has 1 atom stereocenters. The number of aliphatic carboxylic acids is 1. The maximum Gasteiger partial charge on any atom is 0.320 e. The third kappa shape index (κ3) is 3.53. The van der Waals surface area contributed by atoms with Crippen LogP contribution in [0.4, 0.5) is 0 Å². The third-order valence-corrected chi connectivity index (χ3v) is 4.91. The smallest absolute Gasteiger partial charge is 0.320 e. The number of carboxylic acids is 1. The SMILES string of the molecule is O=C(O)C(CCc1cc(Br)cs1)N1CCCC1. The van der Waals surface area contributed by atoms with Gasteiger partial charge in [0.05, 0.1) is 0 Å². The Hall–Kier alpha value is -0.390. The molecule has 1 aliphatic heterocycles. The molecule has 94 valence electrons. The molecular formula is C12H16BrNO2S. The van der Waals surface area contributed by atoms with Crippen LogP contribution in [0.15, 0.2) is 15.9 Å². The molecule has 1 N–H and O–H groups in total. The van der Waals surface area contributed by atoms with Crippen molar-refractivity contribution < 1.29 is 9.90 Å². The molecule has 1 saturated heterocycles. The molecule has 1 aromatic rings. The van der Waals surface area contributed by atoms with E-state index >= 15 is 0 Å². The third-order valence-electron chi connectivity index (χ3n) is 3.15. The van der Waals surface area contributed by atoms with E-state index in [1.165, 1.54) is 4.88 Å². The minimum atomic E-state index is -0.678. The summed E-state index contributed by atoms with van der Waals surface area (Å²) in [5.74, 6) is -0.678. The van der Waals surface area contributed by atoms with Gasteiger partial charge in [-0.2, -0.15) is 0 Å². The van der Waals surface area contributed by atoms with Gasteiger partial charge in [-0.3, -0.25) is 9.69 Å². The Morgan fingerprint density at radius 2 is 2.24 bits per heavy atom. The largest absolute Gasteiger partial charge is 0.480 e. The van der Waals surface area contributed by atoms with Gasteiger partial charge in [-0.05, 0) is 60.8 Å². The van der Waals surface area contributed by atoms with Crippen molar-refractivity contribution >= 4 is 33.2 Å². The fourth-order valence-corrected chi connectivity index (χ4v) is 3.75. The van der Waals surface area contributed by atoms with Crippen molar-refractivity contribution in [2.45, 2.75) is 31.7 Å². The first-order valence-electron chi connectivity index (χ1n) is 5.86. The van der Waals surface area contributed by atoms with Crippen LogP contribution in [-0.2, 0) is 11.2 Å². The molecule has 2 heterocycles. The van der Waals surface area contributed by atoms with Crippen LogP contribution in [0.1, 0.15) is 24.1 Å². The Labute approximate surface area is 114 Å². The van der Waals surface area contributed by atoms with Crippen LogP contribution >= 0.6 is 27.3 Å². The van der Waals surface area contributed by atoms with Crippen LogP contribution in [0, 0.1) is 0 Å². The van der Waals surface area contributed by atoms with E-state index in [1.54, 1.807) is 11.3 Å². The predicted molar refractivity (Wildman–Crippen MR) is 72.6 cm³/mol. The van der Waals surface area contributed by atoms with Gasteiger partial charge in [-0.25, -0.2) is 0 Å². The number of hydrogen-bond donors (Lipinski definition) is 1. The second-order valence-corrected chi connectivity index (χ2v) is 6.28. The topological polar surface area (TPSA) is 40.5 Å². The van der Waals surface area contributed by atoms with Crippen molar-refractivity contribution in [3.8, 4) is 0 Å². The molecule has 2 rings (SSSR count). The van der Waals surface area contributed by atoms with E-state index in [9.17, 15) is 9.90 Å². The Bertz CT molecular complexity index is 388. The monoisotopic (exact) mass is 317 g/mol. The van der Waals surface area contributed by atoms with Crippen LogP contribution in [-0.4, -0.2) is 35.1 Å². The van der Waals surface area contributed by atoms with Gasteiger partial charge in [0, 0.05) is 14.7 Å². The molecule has 0 bridgehead atoms.